The van der Waals surface area contributed by atoms with Crippen molar-refractivity contribution >= 4 is 7.85 Å². The molecule has 0 amide bonds. The fraction of sp³-hybridized carbons (Fsp3) is 0.909. The van der Waals surface area contributed by atoms with Gasteiger partial charge in [0.25, 0.3) is 0 Å². The highest BCUT2D eigenvalue weighted by Gasteiger charge is 2.44. The van der Waals surface area contributed by atoms with Gasteiger partial charge in [0.1, 0.15) is 12.3 Å². The van der Waals surface area contributed by atoms with Crippen molar-refractivity contribution in [3.63, 3.8) is 0 Å². The minimum absolute atomic E-state index is 0.161. The number of allylic oxidation sites excluding steroid dienone is 2. The Bertz CT molecular complexity index is 492. The quantitative estimate of drug-likeness (QED) is 0.420. The molecule has 0 aromatic heterocycles. The van der Waals surface area contributed by atoms with Crippen molar-refractivity contribution in [2.24, 2.45) is 35.5 Å². The summed E-state index contributed by atoms with van der Waals surface area (Å²) in [4.78, 5) is 0. The third kappa shape index (κ3) is 3.72. The molecule has 138 valence electrons. The van der Waals surface area contributed by atoms with E-state index in [4.69, 9.17) is 7.85 Å². The average molecular weight is 346 g/mol. The molecule has 0 aromatic rings. The number of hydrogen-bond donors (Lipinski definition) is 0. The molecular formula is C22H33BF2. The van der Waals surface area contributed by atoms with E-state index < -0.39 is 18.2 Å². The summed E-state index contributed by atoms with van der Waals surface area (Å²) in [6, 6.07) is 0. The third-order valence-corrected chi connectivity index (χ3v) is 8.00. The summed E-state index contributed by atoms with van der Waals surface area (Å²) in [7, 11) is 5.77. The molecule has 0 spiro atoms. The average Bonchev–Trinajstić information content (AvgIpc) is 3.46. The van der Waals surface area contributed by atoms with Crippen molar-refractivity contribution in [1.82, 2.24) is 0 Å². The van der Waals surface area contributed by atoms with Crippen molar-refractivity contribution in [1.29, 1.82) is 0 Å². The Balaban J connectivity index is 1.34. The second-order valence-electron chi connectivity index (χ2n) is 9.62. The van der Waals surface area contributed by atoms with Gasteiger partial charge in [0, 0.05) is 5.92 Å². The van der Waals surface area contributed by atoms with E-state index in [0.717, 1.165) is 36.5 Å². The molecule has 4 aliphatic carbocycles. The molecule has 3 heteroatoms. The Morgan fingerprint density at radius 1 is 0.840 bits per heavy atom. The molecule has 6 unspecified atom stereocenters. The molecule has 0 saturated heterocycles. The zero-order chi connectivity index (χ0) is 17.6. The third-order valence-electron chi connectivity index (χ3n) is 8.00. The van der Waals surface area contributed by atoms with Crippen molar-refractivity contribution in [3.05, 3.63) is 11.6 Å². The molecule has 0 nitrogen and oxygen atoms in total. The number of alkyl halides is 2. The van der Waals surface area contributed by atoms with Crippen LogP contribution in [0.25, 0.3) is 0 Å². The van der Waals surface area contributed by atoms with Gasteiger partial charge in [-0.3, -0.25) is 0 Å². The molecule has 3 saturated carbocycles. The maximum Gasteiger partial charge on any atom is 0.137 e. The van der Waals surface area contributed by atoms with Gasteiger partial charge < -0.3 is 0 Å². The van der Waals surface area contributed by atoms with E-state index in [0.29, 0.717) is 6.42 Å². The van der Waals surface area contributed by atoms with Crippen LogP contribution in [0.3, 0.4) is 0 Å². The molecule has 6 atom stereocenters. The van der Waals surface area contributed by atoms with Crippen LogP contribution in [0.15, 0.2) is 11.6 Å². The number of halogens is 2. The summed E-state index contributed by atoms with van der Waals surface area (Å²) in [6.07, 6.45) is 11.9. The Hall–Kier alpha value is -0.335. The highest BCUT2D eigenvalue weighted by Crippen LogP contribution is 2.49. The predicted octanol–water partition coefficient (Wildman–Crippen LogP) is 6.22. The van der Waals surface area contributed by atoms with Gasteiger partial charge in [-0.25, -0.2) is 8.78 Å². The fourth-order valence-corrected chi connectivity index (χ4v) is 6.28. The van der Waals surface area contributed by atoms with Crippen LogP contribution in [-0.2, 0) is 0 Å². The molecule has 4 aliphatic rings. The van der Waals surface area contributed by atoms with Crippen LogP contribution in [0, 0.1) is 35.5 Å². The second-order valence-corrected chi connectivity index (χ2v) is 9.62. The lowest BCUT2D eigenvalue weighted by atomic mass is 9.61. The van der Waals surface area contributed by atoms with E-state index in [1.165, 1.54) is 50.5 Å². The lowest BCUT2D eigenvalue weighted by molar-refractivity contribution is 0.0491. The summed E-state index contributed by atoms with van der Waals surface area (Å²) < 4.78 is 28.7. The molecule has 2 radical (unpaired) electrons. The summed E-state index contributed by atoms with van der Waals surface area (Å²) >= 11 is 0. The summed E-state index contributed by atoms with van der Waals surface area (Å²) in [5.41, 5.74) is 1.19. The number of hydrogen-bond acceptors (Lipinski definition) is 0. The Kier molecular flexibility index (Phi) is 5.31. The van der Waals surface area contributed by atoms with Gasteiger partial charge in [0.05, 0.1) is 7.85 Å². The standard InChI is InChI=1S/C22H33BF2/c1-13-12-19(23)21(24)22(25)20(13)18-10-8-17(9-11-18)16-6-4-15(5-7-16)14-2-3-14/h10,13-17,19-22H,2-9,11-12H2,1H3. The molecule has 0 aromatic carbocycles. The minimum Gasteiger partial charge on any atom is -0.245 e. The fourth-order valence-electron chi connectivity index (χ4n) is 6.28. The molecule has 0 heterocycles. The summed E-state index contributed by atoms with van der Waals surface area (Å²) in [5.74, 6) is 3.04. The molecule has 25 heavy (non-hydrogen) atoms. The van der Waals surface area contributed by atoms with Crippen LogP contribution in [0.4, 0.5) is 8.78 Å². The van der Waals surface area contributed by atoms with Crippen molar-refractivity contribution in [3.8, 4) is 0 Å². The smallest absolute Gasteiger partial charge is 0.137 e. The molecule has 0 N–H and O–H groups in total. The highest BCUT2D eigenvalue weighted by atomic mass is 19.2. The van der Waals surface area contributed by atoms with Gasteiger partial charge in [-0.15, -0.1) is 0 Å². The largest absolute Gasteiger partial charge is 0.245 e. The zero-order valence-corrected chi connectivity index (χ0v) is 15.7. The van der Waals surface area contributed by atoms with Gasteiger partial charge in [-0.05, 0) is 93.2 Å². The van der Waals surface area contributed by atoms with E-state index >= 15 is 0 Å². The first-order valence-corrected chi connectivity index (χ1v) is 10.8. The number of rotatable bonds is 3. The molecule has 0 bridgehead atoms. The first-order valence-electron chi connectivity index (χ1n) is 10.8. The van der Waals surface area contributed by atoms with Gasteiger partial charge >= 0.3 is 0 Å². The van der Waals surface area contributed by atoms with Crippen LogP contribution in [0.5, 0.6) is 0 Å². The first-order chi connectivity index (χ1) is 12.0. The normalized spacial score (nSPS) is 48.8. The second kappa shape index (κ2) is 7.35. The maximum atomic E-state index is 14.6. The first kappa shape index (κ1) is 18.0. The lowest BCUT2D eigenvalue weighted by Crippen LogP contribution is -2.41. The van der Waals surface area contributed by atoms with E-state index in [9.17, 15) is 8.78 Å². The molecular weight excluding hydrogens is 313 g/mol. The van der Waals surface area contributed by atoms with Gasteiger partial charge in [-0.2, -0.15) is 0 Å². The molecule has 4 rings (SSSR count). The van der Waals surface area contributed by atoms with Gasteiger partial charge in [-0.1, -0.05) is 25.0 Å². The minimum atomic E-state index is -1.49. The van der Waals surface area contributed by atoms with Gasteiger partial charge in [0.15, 0.2) is 0 Å². The van der Waals surface area contributed by atoms with Crippen molar-refractivity contribution in [2.75, 3.05) is 0 Å². The predicted molar refractivity (Wildman–Crippen MR) is 100 cm³/mol. The molecule has 3 fully saturated rings. The van der Waals surface area contributed by atoms with Gasteiger partial charge in [0.2, 0.25) is 0 Å². The SMILES string of the molecule is [B]C1CC(C)C(C2=CCC(C3CCC(C4CC4)CC3)CC2)C(F)C1F. The Morgan fingerprint density at radius 3 is 1.92 bits per heavy atom. The topological polar surface area (TPSA) is 0 Å². The van der Waals surface area contributed by atoms with Crippen molar-refractivity contribution in [2.45, 2.75) is 89.3 Å². The lowest BCUT2D eigenvalue weighted by Gasteiger charge is -2.42. The Labute approximate surface area is 153 Å². The van der Waals surface area contributed by atoms with Crippen LogP contribution in [-0.4, -0.2) is 20.2 Å². The van der Waals surface area contributed by atoms with Crippen LogP contribution in [0.2, 0.25) is 5.82 Å². The van der Waals surface area contributed by atoms with Crippen LogP contribution >= 0.6 is 0 Å². The van der Waals surface area contributed by atoms with E-state index in [1.807, 2.05) is 0 Å². The van der Waals surface area contributed by atoms with Crippen LogP contribution in [0.1, 0.15) is 71.1 Å². The molecule has 0 aliphatic heterocycles. The monoisotopic (exact) mass is 346 g/mol. The van der Waals surface area contributed by atoms with E-state index in [-0.39, 0.29) is 11.8 Å². The Morgan fingerprint density at radius 2 is 1.40 bits per heavy atom. The van der Waals surface area contributed by atoms with Crippen LogP contribution < -0.4 is 0 Å². The van der Waals surface area contributed by atoms with E-state index in [2.05, 4.69) is 13.0 Å². The van der Waals surface area contributed by atoms with Crippen molar-refractivity contribution < 1.29 is 8.78 Å². The highest BCUT2D eigenvalue weighted by molar-refractivity contribution is 6.12. The summed E-state index contributed by atoms with van der Waals surface area (Å²) in [5, 5.41) is 0. The zero-order valence-electron chi connectivity index (χ0n) is 15.7. The van der Waals surface area contributed by atoms with E-state index in [1.54, 1.807) is 0 Å². The maximum absolute atomic E-state index is 14.6. The summed E-state index contributed by atoms with van der Waals surface area (Å²) in [6.45, 7) is 2.05.